The summed E-state index contributed by atoms with van der Waals surface area (Å²) in [5.41, 5.74) is 0.884. The maximum absolute atomic E-state index is 12.7. The van der Waals surface area contributed by atoms with E-state index in [4.69, 9.17) is 5.11 Å². The van der Waals surface area contributed by atoms with Gasteiger partial charge in [-0.1, -0.05) is 29.8 Å². The second kappa shape index (κ2) is 7.21. The quantitative estimate of drug-likeness (QED) is 0.733. The number of carbonyl (C=O) groups is 1. The van der Waals surface area contributed by atoms with E-state index in [9.17, 15) is 13.2 Å². The number of halogens is 2. The standard InChI is InChI=1S/C13H17Br2NO4S/c1-8(2)6-16(7-13(17)18)21(19,20)12-5-10(14)9(3)4-11(12)15/h4-5,8H,6-7H2,1-3H3,(H,17,18). The Bertz CT molecular complexity index is 644. The number of carboxylic acids is 1. The van der Waals surface area contributed by atoms with Gasteiger partial charge in [0.15, 0.2) is 0 Å². The Morgan fingerprint density at radius 1 is 1.29 bits per heavy atom. The van der Waals surface area contributed by atoms with Gasteiger partial charge in [-0.25, -0.2) is 8.42 Å². The van der Waals surface area contributed by atoms with Gasteiger partial charge in [-0.05, 0) is 46.5 Å². The van der Waals surface area contributed by atoms with E-state index in [1.807, 2.05) is 20.8 Å². The van der Waals surface area contributed by atoms with Crippen molar-refractivity contribution in [1.29, 1.82) is 0 Å². The van der Waals surface area contributed by atoms with E-state index >= 15 is 0 Å². The van der Waals surface area contributed by atoms with Crippen molar-refractivity contribution in [3.8, 4) is 0 Å². The molecule has 1 aromatic rings. The molecule has 0 radical (unpaired) electrons. The molecular weight excluding hydrogens is 426 g/mol. The predicted molar refractivity (Wildman–Crippen MR) is 87.8 cm³/mol. The fourth-order valence-corrected chi connectivity index (χ4v) is 4.96. The number of aliphatic carboxylic acids is 1. The molecule has 0 spiro atoms. The van der Waals surface area contributed by atoms with E-state index in [0.29, 0.717) is 8.95 Å². The fraction of sp³-hybridized carbons (Fsp3) is 0.462. The smallest absolute Gasteiger partial charge is 0.318 e. The predicted octanol–water partition coefficient (Wildman–Crippen LogP) is 3.25. The van der Waals surface area contributed by atoms with Crippen LogP contribution < -0.4 is 0 Å². The molecule has 0 aliphatic carbocycles. The molecule has 5 nitrogen and oxygen atoms in total. The Morgan fingerprint density at radius 3 is 2.33 bits per heavy atom. The number of nitrogens with zero attached hydrogens (tertiary/aromatic N) is 1. The molecule has 1 rings (SSSR count). The summed E-state index contributed by atoms with van der Waals surface area (Å²) in [7, 11) is -3.89. The van der Waals surface area contributed by atoms with Crippen molar-refractivity contribution in [2.24, 2.45) is 5.92 Å². The van der Waals surface area contributed by atoms with Gasteiger partial charge in [0.25, 0.3) is 0 Å². The molecule has 8 heteroatoms. The highest BCUT2D eigenvalue weighted by atomic mass is 79.9. The van der Waals surface area contributed by atoms with Crippen molar-refractivity contribution in [3.05, 3.63) is 26.6 Å². The molecule has 0 amide bonds. The van der Waals surface area contributed by atoms with Gasteiger partial charge >= 0.3 is 5.97 Å². The molecule has 0 fully saturated rings. The van der Waals surface area contributed by atoms with Crippen LogP contribution in [0, 0.1) is 12.8 Å². The lowest BCUT2D eigenvalue weighted by molar-refractivity contribution is -0.137. The molecule has 1 N–H and O–H groups in total. The van der Waals surface area contributed by atoms with E-state index < -0.39 is 22.5 Å². The van der Waals surface area contributed by atoms with Crippen LogP contribution in [0.3, 0.4) is 0 Å². The molecule has 118 valence electrons. The van der Waals surface area contributed by atoms with Gasteiger partial charge in [0.05, 0.1) is 4.90 Å². The lowest BCUT2D eigenvalue weighted by Gasteiger charge is -2.23. The van der Waals surface area contributed by atoms with Crippen LogP contribution in [-0.2, 0) is 14.8 Å². The normalized spacial score (nSPS) is 12.1. The van der Waals surface area contributed by atoms with Gasteiger partial charge in [0, 0.05) is 15.5 Å². The van der Waals surface area contributed by atoms with E-state index in [1.165, 1.54) is 6.07 Å². The van der Waals surface area contributed by atoms with Crippen LogP contribution in [0.4, 0.5) is 0 Å². The molecule has 0 heterocycles. The number of hydrogen-bond donors (Lipinski definition) is 1. The molecule has 0 bridgehead atoms. The summed E-state index contributed by atoms with van der Waals surface area (Å²) in [6, 6.07) is 3.18. The van der Waals surface area contributed by atoms with Crippen LogP contribution in [0.1, 0.15) is 19.4 Å². The number of carboxylic acid groups (broad SMARTS) is 1. The highest BCUT2D eigenvalue weighted by Crippen LogP contribution is 2.31. The highest BCUT2D eigenvalue weighted by Gasteiger charge is 2.29. The lowest BCUT2D eigenvalue weighted by atomic mass is 10.2. The zero-order valence-electron chi connectivity index (χ0n) is 11.9. The van der Waals surface area contributed by atoms with E-state index in [1.54, 1.807) is 6.07 Å². The molecule has 0 saturated heterocycles. The molecule has 21 heavy (non-hydrogen) atoms. The van der Waals surface area contributed by atoms with Gasteiger partial charge in [-0.3, -0.25) is 4.79 Å². The SMILES string of the molecule is Cc1cc(Br)c(S(=O)(=O)N(CC(=O)O)CC(C)C)cc1Br. The Morgan fingerprint density at radius 2 is 1.86 bits per heavy atom. The van der Waals surface area contributed by atoms with E-state index in [-0.39, 0.29) is 17.4 Å². The topological polar surface area (TPSA) is 74.7 Å². The third kappa shape index (κ3) is 4.77. The monoisotopic (exact) mass is 441 g/mol. The first-order valence-electron chi connectivity index (χ1n) is 6.23. The largest absolute Gasteiger partial charge is 0.480 e. The second-order valence-electron chi connectivity index (χ2n) is 5.12. The Labute approximate surface area is 141 Å². The molecule has 0 saturated carbocycles. The molecule has 0 aliphatic rings. The second-order valence-corrected chi connectivity index (χ2v) is 8.73. The summed E-state index contributed by atoms with van der Waals surface area (Å²) >= 11 is 6.55. The van der Waals surface area contributed by atoms with Gasteiger partial charge in [0.1, 0.15) is 6.54 Å². The third-order valence-electron chi connectivity index (χ3n) is 2.71. The van der Waals surface area contributed by atoms with Gasteiger partial charge in [0.2, 0.25) is 10.0 Å². The lowest BCUT2D eigenvalue weighted by Crippen LogP contribution is -2.38. The first kappa shape index (κ1) is 18.6. The zero-order valence-corrected chi connectivity index (χ0v) is 15.9. The van der Waals surface area contributed by atoms with Gasteiger partial charge in [-0.15, -0.1) is 0 Å². The Balaban J connectivity index is 3.34. The van der Waals surface area contributed by atoms with Crippen molar-refractivity contribution in [1.82, 2.24) is 4.31 Å². The Hall–Kier alpha value is -0.440. The van der Waals surface area contributed by atoms with Gasteiger partial charge < -0.3 is 5.11 Å². The van der Waals surface area contributed by atoms with Crippen molar-refractivity contribution < 1.29 is 18.3 Å². The maximum Gasteiger partial charge on any atom is 0.318 e. The molecular formula is C13H17Br2NO4S. The van der Waals surface area contributed by atoms with Gasteiger partial charge in [-0.2, -0.15) is 4.31 Å². The molecule has 0 aromatic heterocycles. The minimum absolute atomic E-state index is 0.0202. The minimum Gasteiger partial charge on any atom is -0.480 e. The molecule has 1 aromatic carbocycles. The number of hydrogen-bond acceptors (Lipinski definition) is 3. The number of benzene rings is 1. The summed E-state index contributed by atoms with van der Waals surface area (Å²) in [5, 5.41) is 8.95. The molecule has 0 atom stereocenters. The summed E-state index contributed by atoms with van der Waals surface area (Å²) in [5.74, 6) is -1.16. The minimum atomic E-state index is -3.89. The van der Waals surface area contributed by atoms with Crippen molar-refractivity contribution in [3.63, 3.8) is 0 Å². The first-order valence-corrected chi connectivity index (χ1v) is 9.26. The van der Waals surface area contributed by atoms with Crippen molar-refractivity contribution >= 4 is 47.9 Å². The summed E-state index contributed by atoms with van der Waals surface area (Å²) in [6.45, 7) is 5.11. The van der Waals surface area contributed by atoms with Crippen LogP contribution >= 0.6 is 31.9 Å². The summed E-state index contributed by atoms with van der Waals surface area (Å²) < 4.78 is 27.5. The van der Waals surface area contributed by atoms with Crippen molar-refractivity contribution in [2.75, 3.05) is 13.1 Å². The van der Waals surface area contributed by atoms with Crippen LogP contribution in [0.15, 0.2) is 26.0 Å². The third-order valence-corrected chi connectivity index (χ3v) is 6.34. The zero-order chi connectivity index (χ0) is 16.4. The van der Waals surface area contributed by atoms with Crippen LogP contribution in [-0.4, -0.2) is 36.9 Å². The first-order chi connectivity index (χ1) is 9.55. The van der Waals surface area contributed by atoms with Crippen LogP contribution in [0.5, 0.6) is 0 Å². The average molecular weight is 443 g/mol. The summed E-state index contributed by atoms with van der Waals surface area (Å²) in [4.78, 5) is 11.0. The molecule has 0 unspecified atom stereocenters. The number of sulfonamides is 1. The number of aryl methyl sites for hydroxylation is 1. The number of rotatable bonds is 6. The Kier molecular flexibility index (Phi) is 6.39. The maximum atomic E-state index is 12.7. The highest BCUT2D eigenvalue weighted by molar-refractivity contribution is 9.11. The van der Waals surface area contributed by atoms with Crippen LogP contribution in [0.2, 0.25) is 0 Å². The summed E-state index contributed by atoms with van der Waals surface area (Å²) in [6.07, 6.45) is 0. The van der Waals surface area contributed by atoms with Crippen LogP contribution in [0.25, 0.3) is 0 Å². The molecule has 0 aliphatic heterocycles. The van der Waals surface area contributed by atoms with E-state index in [0.717, 1.165) is 9.87 Å². The van der Waals surface area contributed by atoms with Crippen molar-refractivity contribution in [2.45, 2.75) is 25.7 Å². The van der Waals surface area contributed by atoms with E-state index in [2.05, 4.69) is 31.9 Å². The average Bonchev–Trinajstić information content (AvgIpc) is 2.31. The fourth-order valence-electron chi connectivity index (χ4n) is 1.77.